The molecule has 8 nitrogen and oxygen atoms in total. The van der Waals surface area contributed by atoms with Crippen LogP contribution < -0.4 is 16.0 Å². The van der Waals surface area contributed by atoms with E-state index in [2.05, 4.69) is 16.0 Å². The molecule has 2 aliphatic rings. The smallest absolute Gasteiger partial charge is 0.325 e. The van der Waals surface area contributed by atoms with Gasteiger partial charge in [-0.3, -0.25) is 19.3 Å². The Kier molecular flexibility index (Phi) is 3.45. The van der Waals surface area contributed by atoms with E-state index < -0.39 is 17.8 Å². The van der Waals surface area contributed by atoms with Crippen molar-refractivity contribution in [1.29, 1.82) is 0 Å². The van der Waals surface area contributed by atoms with Crippen molar-refractivity contribution in [2.45, 2.75) is 18.9 Å². The summed E-state index contributed by atoms with van der Waals surface area (Å²) in [5.41, 5.74) is 0. The van der Waals surface area contributed by atoms with Crippen LogP contribution >= 0.6 is 0 Å². The number of hydrogen-bond acceptors (Lipinski definition) is 4. The Hall–Kier alpha value is -2.12. The first kappa shape index (κ1) is 12.3. The van der Waals surface area contributed by atoms with Crippen LogP contribution in [0.5, 0.6) is 0 Å². The highest BCUT2D eigenvalue weighted by atomic mass is 16.2. The molecule has 0 spiro atoms. The first-order valence-electron chi connectivity index (χ1n) is 5.70. The minimum atomic E-state index is -0.549. The lowest BCUT2D eigenvalue weighted by Crippen LogP contribution is -2.50. The minimum Gasteiger partial charge on any atom is -0.354 e. The highest BCUT2D eigenvalue weighted by Gasteiger charge is 2.30. The number of carbonyl (C=O) groups is 4. The number of hydrogen-bond donors (Lipinski definition) is 3. The predicted molar refractivity (Wildman–Crippen MR) is 59.3 cm³/mol. The Morgan fingerprint density at radius 3 is 2.67 bits per heavy atom. The van der Waals surface area contributed by atoms with Gasteiger partial charge in [0.1, 0.15) is 6.54 Å². The summed E-state index contributed by atoms with van der Waals surface area (Å²) in [6.07, 6.45) is 0.936. The Labute approximate surface area is 103 Å². The average Bonchev–Trinajstić information content (AvgIpc) is 2.64. The average molecular weight is 254 g/mol. The van der Waals surface area contributed by atoms with E-state index in [4.69, 9.17) is 0 Å². The topological polar surface area (TPSA) is 108 Å². The molecule has 0 aromatic carbocycles. The van der Waals surface area contributed by atoms with Gasteiger partial charge in [0.15, 0.2) is 0 Å². The molecule has 8 heteroatoms. The van der Waals surface area contributed by atoms with Crippen molar-refractivity contribution in [3.63, 3.8) is 0 Å². The van der Waals surface area contributed by atoms with E-state index in [9.17, 15) is 19.2 Å². The highest BCUT2D eigenvalue weighted by Crippen LogP contribution is 2.03. The highest BCUT2D eigenvalue weighted by molar-refractivity contribution is 6.04. The molecule has 2 aliphatic heterocycles. The summed E-state index contributed by atoms with van der Waals surface area (Å²) in [4.78, 5) is 45.9. The van der Waals surface area contributed by atoms with Crippen LogP contribution in [0.25, 0.3) is 0 Å². The van der Waals surface area contributed by atoms with Crippen LogP contribution in [0.3, 0.4) is 0 Å². The van der Waals surface area contributed by atoms with E-state index in [1.807, 2.05) is 0 Å². The molecule has 0 radical (unpaired) electrons. The van der Waals surface area contributed by atoms with Gasteiger partial charge in [0, 0.05) is 19.0 Å². The third-order valence-electron chi connectivity index (χ3n) is 2.87. The van der Waals surface area contributed by atoms with Crippen LogP contribution in [0.1, 0.15) is 12.8 Å². The lowest BCUT2D eigenvalue weighted by molar-refractivity contribution is -0.131. The Morgan fingerprint density at radius 2 is 2.11 bits per heavy atom. The van der Waals surface area contributed by atoms with Gasteiger partial charge in [0.25, 0.3) is 5.91 Å². The maximum atomic E-state index is 11.6. The van der Waals surface area contributed by atoms with Crippen molar-refractivity contribution in [2.24, 2.45) is 0 Å². The molecule has 0 aliphatic carbocycles. The first-order chi connectivity index (χ1) is 8.56. The van der Waals surface area contributed by atoms with Gasteiger partial charge in [0.2, 0.25) is 11.8 Å². The number of imide groups is 1. The van der Waals surface area contributed by atoms with E-state index in [-0.39, 0.29) is 25.0 Å². The molecule has 2 fully saturated rings. The van der Waals surface area contributed by atoms with Crippen LogP contribution in [0.2, 0.25) is 0 Å². The molecule has 0 aromatic rings. The normalized spacial score (nSPS) is 23.7. The zero-order chi connectivity index (χ0) is 13.1. The second-order valence-corrected chi connectivity index (χ2v) is 4.25. The summed E-state index contributed by atoms with van der Waals surface area (Å²) in [5.74, 6) is -0.844. The number of amides is 5. The van der Waals surface area contributed by atoms with Gasteiger partial charge in [-0.1, -0.05) is 0 Å². The molecule has 18 heavy (non-hydrogen) atoms. The second-order valence-electron chi connectivity index (χ2n) is 4.25. The lowest BCUT2D eigenvalue weighted by Gasteiger charge is -2.24. The van der Waals surface area contributed by atoms with Crippen molar-refractivity contribution >= 4 is 23.8 Å². The number of nitrogens with one attached hydrogen (secondary N) is 3. The molecule has 1 atom stereocenters. The van der Waals surface area contributed by atoms with Crippen LogP contribution in [0.4, 0.5) is 4.79 Å². The van der Waals surface area contributed by atoms with Crippen molar-refractivity contribution in [1.82, 2.24) is 20.9 Å². The number of rotatable bonds is 3. The fraction of sp³-hybridized carbons (Fsp3) is 0.600. The number of piperidine rings is 1. The van der Waals surface area contributed by atoms with E-state index in [0.29, 0.717) is 19.4 Å². The van der Waals surface area contributed by atoms with Gasteiger partial charge in [-0.15, -0.1) is 0 Å². The fourth-order valence-electron chi connectivity index (χ4n) is 1.89. The van der Waals surface area contributed by atoms with E-state index >= 15 is 0 Å². The maximum Gasteiger partial charge on any atom is 0.325 e. The third kappa shape index (κ3) is 2.76. The SMILES string of the molecule is O=C1CCC(NC(=O)CN2C(=O)CNC2=O)CN1. The summed E-state index contributed by atoms with van der Waals surface area (Å²) in [7, 11) is 0. The van der Waals surface area contributed by atoms with Gasteiger partial charge < -0.3 is 16.0 Å². The van der Waals surface area contributed by atoms with Gasteiger partial charge in [0.05, 0.1) is 6.54 Å². The summed E-state index contributed by atoms with van der Waals surface area (Å²) in [6.45, 7) is 0.0332. The van der Waals surface area contributed by atoms with Gasteiger partial charge in [-0.05, 0) is 6.42 Å². The molecule has 2 heterocycles. The fourth-order valence-corrected chi connectivity index (χ4v) is 1.89. The Bertz CT molecular complexity index is 383. The van der Waals surface area contributed by atoms with Gasteiger partial charge >= 0.3 is 6.03 Å². The van der Waals surface area contributed by atoms with Crippen molar-refractivity contribution < 1.29 is 19.2 Å². The van der Waals surface area contributed by atoms with Crippen LogP contribution in [-0.4, -0.2) is 54.3 Å². The Morgan fingerprint density at radius 1 is 1.33 bits per heavy atom. The summed E-state index contributed by atoms with van der Waals surface area (Å²) >= 11 is 0. The maximum absolute atomic E-state index is 11.6. The van der Waals surface area contributed by atoms with E-state index in [0.717, 1.165) is 4.90 Å². The molecule has 0 bridgehead atoms. The molecule has 0 saturated carbocycles. The largest absolute Gasteiger partial charge is 0.354 e. The second kappa shape index (κ2) is 5.03. The molecule has 98 valence electrons. The molecule has 0 aromatic heterocycles. The molecule has 2 rings (SSSR count). The zero-order valence-corrected chi connectivity index (χ0v) is 9.69. The number of nitrogens with zero attached hydrogens (tertiary/aromatic N) is 1. The summed E-state index contributed by atoms with van der Waals surface area (Å²) in [6, 6.07) is -0.692. The minimum absolute atomic E-state index is 0.0328. The van der Waals surface area contributed by atoms with Gasteiger partial charge in [-0.25, -0.2) is 4.79 Å². The molecule has 5 amide bonds. The molecular weight excluding hydrogens is 240 g/mol. The third-order valence-corrected chi connectivity index (χ3v) is 2.87. The van der Waals surface area contributed by atoms with Gasteiger partial charge in [-0.2, -0.15) is 0 Å². The quantitative estimate of drug-likeness (QED) is 0.503. The number of urea groups is 1. The zero-order valence-electron chi connectivity index (χ0n) is 9.69. The summed E-state index contributed by atoms with van der Waals surface area (Å²) in [5, 5.41) is 7.65. The van der Waals surface area contributed by atoms with Crippen molar-refractivity contribution in [3.8, 4) is 0 Å². The lowest BCUT2D eigenvalue weighted by atomic mass is 10.1. The molecule has 3 N–H and O–H groups in total. The van der Waals surface area contributed by atoms with Crippen LogP contribution in [0.15, 0.2) is 0 Å². The molecular formula is C10H14N4O4. The van der Waals surface area contributed by atoms with E-state index in [1.165, 1.54) is 0 Å². The monoisotopic (exact) mass is 254 g/mol. The standard InChI is InChI=1S/C10H14N4O4/c15-7-2-1-6(3-11-7)13-8(16)5-14-9(17)4-12-10(14)18/h6H,1-5H2,(H,11,15)(H,12,18)(H,13,16). The van der Waals surface area contributed by atoms with Crippen LogP contribution in [0, 0.1) is 0 Å². The molecule has 2 saturated heterocycles. The summed E-state index contributed by atoms with van der Waals surface area (Å²) < 4.78 is 0. The Balaban J connectivity index is 1.80. The van der Waals surface area contributed by atoms with Crippen molar-refractivity contribution in [2.75, 3.05) is 19.6 Å². The van der Waals surface area contributed by atoms with Crippen LogP contribution in [-0.2, 0) is 14.4 Å². The van der Waals surface area contributed by atoms with E-state index in [1.54, 1.807) is 0 Å². The number of carbonyl (C=O) groups excluding carboxylic acids is 4. The van der Waals surface area contributed by atoms with Crippen molar-refractivity contribution in [3.05, 3.63) is 0 Å². The first-order valence-corrected chi connectivity index (χ1v) is 5.70. The molecule has 1 unspecified atom stereocenters. The predicted octanol–water partition coefficient (Wildman–Crippen LogP) is -2.07.